The van der Waals surface area contributed by atoms with Gasteiger partial charge in [-0.25, -0.2) is 0 Å². The van der Waals surface area contributed by atoms with E-state index in [4.69, 9.17) is 4.74 Å². The van der Waals surface area contributed by atoms with Gasteiger partial charge in [-0.05, 0) is 59.1 Å². The molecule has 0 saturated heterocycles. The third-order valence-corrected chi connectivity index (χ3v) is 4.32. The minimum Gasteiger partial charge on any atom is -0.483 e. The highest BCUT2D eigenvalue weighted by molar-refractivity contribution is 9.10. The van der Waals surface area contributed by atoms with Crippen LogP contribution < -0.4 is 10.1 Å². The Morgan fingerprint density at radius 1 is 1.16 bits per heavy atom. The van der Waals surface area contributed by atoms with E-state index < -0.39 is 0 Å². The molecule has 0 spiro atoms. The first kappa shape index (κ1) is 19.0. The van der Waals surface area contributed by atoms with Gasteiger partial charge in [-0.1, -0.05) is 24.3 Å². The van der Waals surface area contributed by atoms with Crippen LogP contribution in [0.5, 0.6) is 5.75 Å². The lowest BCUT2D eigenvalue weighted by atomic mass is 10.1. The summed E-state index contributed by atoms with van der Waals surface area (Å²) >= 11 is 3.36. The van der Waals surface area contributed by atoms with E-state index >= 15 is 0 Å². The Hall–Kier alpha value is -2.34. The summed E-state index contributed by atoms with van der Waals surface area (Å²) in [5.41, 5.74) is 2.80. The number of benzene rings is 2. The third kappa shape index (κ3) is 5.60. The first-order chi connectivity index (χ1) is 11.9. The molecule has 5 nitrogen and oxygen atoms in total. The molecule has 0 aliphatic carbocycles. The normalized spacial score (nSPS) is 10.2. The molecule has 25 heavy (non-hydrogen) atoms. The summed E-state index contributed by atoms with van der Waals surface area (Å²) in [6, 6.07) is 13.1. The minimum atomic E-state index is -0.271. The number of para-hydroxylation sites is 1. The van der Waals surface area contributed by atoms with Gasteiger partial charge in [0, 0.05) is 12.7 Å². The lowest BCUT2D eigenvalue weighted by Gasteiger charge is -2.18. The van der Waals surface area contributed by atoms with E-state index in [0.29, 0.717) is 5.75 Å². The summed E-state index contributed by atoms with van der Waals surface area (Å²) in [6.45, 7) is 3.72. The number of amides is 2. The van der Waals surface area contributed by atoms with E-state index in [1.165, 1.54) is 4.90 Å². The van der Waals surface area contributed by atoms with Crippen LogP contribution in [-0.4, -0.2) is 36.9 Å². The number of halogens is 1. The number of hydrogen-bond donors (Lipinski definition) is 1. The topological polar surface area (TPSA) is 58.6 Å². The lowest BCUT2D eigenvalue weighted by Crippen LogP contribution is -2.37. The van der Waals surface area contributed by atoms with Gasteiger partial charge in [0.05, 0.1) is 11.0 Å². The standard InChI is InChI=1S/C19H21BrN2O3/c1-13-8-9-14(2)16(10-13)21-18(23)11-22(3)19(24)12-25-17-7-5-4-6-15(17)20/h4-10H,11-12H2,1-3H3,(H,21,23). The molecule has 6 heteroatoms. The summed E-state index contributed by atoms with van der Waals surface area (Å²) in [5.74, 6) is 0.0707. The average Bonchev–Trinajstić information content (AvgIpc) is 2.57. The molecule has 0 radical (unpaired) electrons. The number of carbonyl (C=O) groups excluding carboxylic acids is 2. The van der Waals surface area contributed by atoms with Crippen LogP contribution in [0.15, 0.2) is 46.9 Å². The molecule has 0 unspecified atom stereocenters. The molecule has 0 heterocycles. The molecular weight excluding hydrogens is 384 g/mol. The average molecular weight is 405 g/mol. The molecule has 0 aliphatic rings. The predicted octanol–water partition coefficient (Wildman–Crippen LogP) is 3.54. The molecular formula is C19H21BrN2O3. The van der Waals surface area contributed by atoms with E-state index in [1.54, 1.807) is 13.1 Å². The quantitative estimate of drug-likeness (QED) is 0.800. The molecule has 0 aliphatic heterocycles. The zero-order chi connectivity index (χ0) is 18.4. The van der Waals surface area contributed by atoms with Gasteiger partial charge in [-0.3, -0.25) is 9.59 Å². The fourth-order valence-electron chi connectivity index (χ4n) is 2.18. The van der Waals surface area contributed by atoms with Gasteiger partial charge < -0.3 is 15.0 Å². The SMILES string of the molecule is Cc1ccc(C)c(NC(=O)CN(C)C(=O)COc2ccccc2Br)c1. The highest BCUT2D eigenvalue weighted by atomic mass is 79.9. The zero-order valence-corrected chi connectivity index (χ0v) is 16.1. The van der Waals surface area contributed by atoms with Crippen molar-refractivity contribution in [1.82, 2.24) is 4.90 Å². The highest BCUT2D eigenvalue weighted by Gasteiger charge is 2.15. The van der Waals surface area contributed by atoms with Gasteiger partial charge >= 0.3 is 0 Å². The molecule has 2 rings (SSSR count). The van der Waals surface area contributed by atoms with E-state index in [-0.39, 0.29) is 25.0 Å². The predicted molar refractivity (Wildman–Crippen MR) is 102 cm³/mol. The zero-order valence-electron chi connectivity index (χ0n) is 14.5. The van der Waals surface area contributed by atoms with Crippen LogP contribution >= 0.6 is 15.9 Å². The van der Waals surface area contributed by atoms with Gasteiger partial charge in [0.2, 0.25) is 5.91 Å². The molecule has 0 bridgehead atoms. The second kappa shape index (κ2) is 8.67. The van der Waals surface area contributed by atoms with Gasteiger partial charge in [0.1, 0.15) is 5.75 Å². The second-order valence-corrected chi connectivity index (χ2v) is 6.69. The van der Waals surface area contributed by atoms with Crippen molar-refractivity contribution in [3.63, 3.8) is 0 Å². The van der Waals surface area contributed by atoms with Gasteiger partial charge in [0.25, 0.3) is 5.91 Å². The minimum absolute atomic E-state index is 0.0362. The smallest absolute Gasteiger partial charge is 0.260 e. The number of hydrogen-bond acceptors (Lipinski definition) is 3. The summed E-state index contributed by atoms with van der Waals surface area (Å²) in [4.78, 5) is 25.7. The lowest BCUT2D eigenvalue weighted by molar-refractivity contribution is -0.135. The largest absolute Gasteiger partial charge is 0.483 e. The van der Waals surface area contributed by atoms with Crippen LogP contribution in [-0.2, 0) is 9.59 Å². The Balaban J connectivity index is 1.86. The summed E-state index contributed by atoms with van der Waals surface area (Å²) < 4.78 is 6.26. The second-order valence-electron chi connectivity index (χ2n) is 5.84. The van der Waals surface area contributed by atoms with Crippen LogP contribution in [0.1, 0.15) is 11.1 Å². The number of nitrogens with zero attached hydrogens (tertiary/aromatic N) is 1. The van der Waals surface area contributed by atoms with E-state index in [0.717, 1.165) is 21.3 Å². The Kier molecular flexibility index (Phi) is 6.58. The number of likely N-dealkylation sites (N-methyl/N-ethyl adjacent to an activating group) is 1. The van der Waals surface area contributed by atoms with E-state index in [1.807, 2.05) is 50.2 Å². The van der Waals surface area contributed by atoms with E-state index in [9.17, 15) is 9.59 Å². The van der Waals surface area contributed by atoms with Crippen molar-refractivity contribution in [3.05, 3.63) is 58.1 Å². The summed E-state index contributed by atoms with van der Waals surface area (Å²) in [5, 5.41) is 2.84. The molecule has 2 aromatic carbocycles. The Morgan fingerprint density at radius 3 is 2.60 bits per heavy atom. The maximum atomic E-state index is 12.2. The van der Waals surface area contributed by atoms with Crippen molar-refractivity contribution in [3.8, 4) is 5.75 Å². The van der Waals surface area contributed by atoms with Crippen molar-refractivity contribution in [2.75, 3.05) is 25.5 Å². The van der Waals surface area contributed by atoms with Crippen LogP contribution in [0, 0.1) is 13.8 Å². The molecule has 0 atom stereocenters. The van der Waals surface area contributed by atoms with Crippen molar-refractivity contribution in [2.45, 2.75) is 13.8 Å². The highest BCUT2D eigenvalue weighted by Crippen LogP contribution is 2.23. The number of rotatable bonds is 6. The molecule has 0 saturated carbocycles. The molecule has 132 valence electrons. The summed E-state index contributed by atoms with van der Waals surface area (Å²) in [6.07, 6.45) is 0. The molecule has 1 N–H and O–H groups in total. The summed E-state index contributed by atoms with van der Waals surface area (Å²) in [7, 11) is 1.58. The molecule has 0 aromatic heterocycles. The molecule has 0 fully saturated rings. The number of anilines is 1. The van der Waals surface area contributed by atoms with Crippen molar-refractivity contribution in [2.24, 2.45) is 0 Å². The van der Waals surface area contributed by atoms with Crippen LogP contribution in [0.2, 0.25) is 0 Å². The fourth-order valence-corrected chi connectivity index (χ4v) is 2.57. The van der Waals surface area contributed by atoms with Crippen LogP contribution in [0.3, 0.4) is 0 Å². The van der Waals surface area contributed by atoms with Crippen LogP contribution in [0.4, 0.5) is 5.69 Å². The van der Waals surface area contributed by atoms with Crippen molar-refractivity contribution < 1.29 is 14.3 Å². The molecule has 2 aromatic rings. The third-order valence-electron chi connectivity index (χ3n) is 3.66. The Bertz CT molecular complexity index is 777. The molecule has 2 amide bonds. The number of aryl methyl sites for hydroxylation is 2. The number of nitrogens with one attached hydrogen (secondary N) is 1. The van der Waals surface area contributed by atoms with Gasteiger partial charge in [0.15, 0.2) is 6.61 Å². The first-order valence-corrected chi connectivity index (χ1v) is 8.64. The number of carbonyl (C=O) groups is 2. The maximum absolute atomic E-state index is 12.2. The van der Waals surface area contributed by atoms with Crippen LogP contribution in [0.25, 0.3) is 0 Å². The van der Waals surface area contributed by atoms with E-state index in [2.05, 4.69) is 21.2 Å². The van der Waals surface area contributed by atoms with Crippen molar-refractivity contribution >= 4 is 33.4 Å². The maximum Gasteiger partial charge on any atom is 0.260 e. The first-order valence-electron chi connectivity index (χ1n) is 7.85. The fraction of sp³-hybridized carbons (Fsp3) is 0.263. The Morgan fingerprint density at radius 2 is 1.88 bits per heavy atom. The monoisotopic (exact) mass is 404 g/mol. The van der Waals surface area contributed by atoms with Crippen molar-refractivity contribution in [1.29, 1.82) is 0 Å². The van der Waals surface area contributed by atoms with Gasteiger partial charge in [-0.2, -0.15) is 0 Å². The Labute approximate surface area is 156 Å². The van der Waals surface area contributed by atoms with Gasteiger partial charge in [-0.15, -0.1) is 0 Å². The number of ether oxygens (including phenoxy) is 1.